The lowest BCUT2D eigenvalue weighted by Crippen LogP contribution is -2.50. The number of aromatic carboxylic acids is 1. The van der Waals surface area contributed by atoms with Crippen molar-refractivity contribution >= 4 is 52.2 Å². The highest BCUT2D eigenvalue weighted by atomic mass is 35.5. The van der Waals surface area contributed by atoms with Crippen molar-refractivity contribution in [3.05, 3.63) is 52.5 Å². The van der Waals surface area contributed by atoms with Gasteiger partial charge in [0.15, 0.2) is 5.11 Å². The topological polar surface area (TPSA) is 108 Å². The van der Waals surface area contributed by atoms with Crippen molar-refractivity contribution in [3.8, 4) is 5.75 Å². The number of carboxylic acids is 1. The highest BCUT2D eigenvalue weighted by Gasteiger charge is 2.21. The number of thiocarbonyl (C=S) groups is 1. The number of benzene rings is 2. The lowest BCUT2D eigenvalue weighted by molar-refractivity contribution is 0.0697. The number of carboxylic acid groups (broad SMARTS) is 1. The highest BCUT2D eigenvalue weighted by molar-refractivity contribution is 7.80. The van der Waals surface area contributed by atoms with Gasteiger partial charge in [-0.15, -0.1) is 0 Å². The summed E-state index contributed by atoms with van der Waals surface area (Å²) in [5, 5.41) is 12.8. The zero-order valence-corrected chi connectivity index (χ0v) is 17.8. The molecule has 158 valence electrons. The average Bonchev–Trinajstić information content (AvgIpc) is 2.73. The van der Waals surface area contributed by atoms with Gasteiger partial charge < -0.3 is 30.7 Å². The third-order valence-corrected chi connectivity index (χ3v) is 5.51. The average molecular weight is 449 g/mol. The van der Waals surface area contributed by atoms with E-state index in [2.05, 4.69) is 10.2 Å². The maximum Gasteiger partial charge on any atom is 0.337 e. The minimum atomic E-state index is -1.08. The van der Waals surface area contributed by atoms with Crippen molar-refractivity contribution in [3.63, 3.8) is 0 Å². The summed E-state index contributed by atoms with van der Waals surface area (Å²) in [4.78, 5) is 26.7. The van der Waals surface area contributed by atoms with Gasteiger partial charge in [-0.2, -0.15) is 0 Å². The number of nitrogens with zero attached hydrogens (tertiary/aromatic N) is 2. The molecular weight excluding hydrogens is 428 g/mol. The molecule has 0 unspecified atom stereocenters. The number of ether oxygens (including phenoxy) is 1. The van der Waals surface area contributed by atoms with Crippen LogP contribution in [0, 0.1) is 0 Å². The molecule has 1 fully saturated rings. The molecule has 2 aromatic carbocycles. The maximum atomic E-state index is 11.5. The molecule has 30 heavy (non-hydrogen) atoms. The Balaban J connectivity index is 1.61. The minimum Gasteiger partial charge on any atom is -0.496 e. The number of nitrogens with two attached hydrogens (primary N) is 1. The third-order valence-electron chi connectivity index (χ3n) is 4.83. The van der Waals surface area contributed by atoms with Gasteiger partial charge in [0.25, 0.3) is 5.91 Å². The van der Waals surface area contributed by atoms with Gasteiger partial charge in [-0.05, 0) is 42.5 Å². The third kappa shape index (κ3) is 4.74. The molecule has 0 bridgehead atoms. The summed E-state index contributed by atoms with van der Waals surface area (Å²) in [6.45, 7) is 2.82. The van der Waals surface area contributed by atoms with Crippen molar-refractivity contribution in [2.45, 2.75) is 0 Å². The molecule has 10 heteroatoms. The second-order valence-corrected chi connectivity index (χ2v) is 7.45. The molecule has 1 saturated heterocycles. The van der Waals surface area contributed by atoms with Crippen LogP contribution in [0.4, 0.5) is 11.4 Å². The SMILES string of the molecule is COc1cc(N2CCN(C(=S)Nc3ccc(C(=O)O)c(Cl)c3)CC2)ccc1C(N)=O. The number of hydrogen-bond acceptors (Lipinski definition) is 5. The van der Waals surface area contributed by atoms with Crippen molar-refractivity contribution in [2.24, 2.45) is 5.73 Å². The Bertz CT molecular complexity index is 993. The number of amides is 1. The van der Waals surface area contributed by atoms with E-state index >= 15 is 0 Å². The summed E-state index contributed by atoms with van der Waals surface area (Å²) in [6.07, 6.45) is 0. The summed E-state index contributed by atoms with van der Waals surface area (Å²) >= 11 is 11.5. The molecule has 0 atom stereocenters. The summed E-state index contributed by atoms with van der Waals surface area (Å²) in [5.41, 5.74) is 7.32. The second-order valence-electron chi connectivity index (χ2n) is 6.65. The number of nitrogens with one attached hydrogen (secondary N) is 1. The number of rotatable bonds is 5. The van der Waals surface area contributed by atoms with Crippen molar-refractivity contribution in [1.29, 1.82) is 0 Å². The molecule has 0 spiro atoms. The molecule has 8 nitrogen and oxygen atoms in total. The quantitative estimate of drug-likeness (QED) is 0.599. The largest absolute Gasteiger partial charge is 0.496 e. The van der Waals surface area contributed by atoms with E-state index in [1.54, 1.807) is 24.3 Å². The first-order valence-corrected chi connectivity index (χ1v) is 9.90. The van der Waals surface area contributed by atoms with Crippen molar-refractivity contribution < 1.29 is 19.4 Å². The zero-order chi connectivity index (χ0) is 21.8. The van der Waals surface area contributed by atoms with Gasteiger partial charge in [0.1, 0.15) is 5.75 Å². The van der Waals surface area contributed by atoms with Crippen molar-refractivity contribution in [2.75, 3.05) is 43.5 Å². The lowest BCUT2D eigenvalue weighted by Gasteiger charge is -2.37. The first-order valence-electron chi connectivity index (χ1n) is 9.11. The first kappa shape index (κ1) is 21.7. The molecule has 3 rings (SSSR count). The van der Waals surface area contributed by atoms with Crippen LogP contribution in [0.5, 0.6) is 5.75 Å². The molecule has 0 aromatic heterocycles. The number of carbonyl (C=O) groups excluding carboxylic acids is 1. The normalized spacial score (nSPS) is 13.7. The van der Waals surface area contributed by atoms with Crippen LogP contribution in [0.15, 0.2) is 36.4 Å². The zero-order valence-electron chi connectivity index (χ0n) is 16.2. The summed E-state index contributed by atoms with van der Waals surface area (Å²) < 4.78 is 5.28. The van der Waals surface area contributed by atoms with E-state index < -0.39 is 11.9 Å². The van der Waals surface area contributed by atoms with Gasteiger partial charge in [-0.1, -0.05) is 11.6 Å². The van der Waals surface area contributed by atoms with E-state index in [1.165, 1.54) is 13.2 Å². The number of methoxy groups -OCH3 is 1. The molecule has 0 saturated carbocycles. The standard InChI is InChI=1S/C20H21ClN4O4S/c1-29-17-11-13(3-5-15(17)18(22)26)24-6-8-25(9-7-24)20(30)23-12-2-4-14(19(27)28)16(21)10-12/h2-5,10-11H,6-9H2,1H3,(H2,22,26)(H,23,30)(H,27,28). The van der Waals surface area contributed by atoms with E-state index in [0.29, 0.717) is 35.2 Å². The Morgan fingerprint density at radius 1 is 1.13 bits per heavy atom. The van der Waals surface area contributed by atoms with E-state index in [-0.39, 0.29) is 10.6 Å². The highest BCUT2D eigenvalue weighted by Crippen LogP contribution is 2.27. The van der Waals surface area contributed by atoms with Crippen LogP contribution >= 0.6 is 23.8 Å². The Morgan fingerprint density at radius 3 is 2.37 bits per heavy atom. The fraction of sp³-hybridized carbons (Fsp3) is 0.250. The van der Waals surface area contributed by atoms with Crippen LogP contribution in [-0.4, -0.2) is 60.3 Å². The van der Waals surface area contributed by atoms with Crippen LogP contribution in [0.1, 0.15) is 20.7 Å². The van der Waals surface area contributed by atoms with Gasteiger partial charge >= 0.3 is 5.97 Å². The second kappa shape index (κ2) is 9.19. The molecule has 1 aliphatic heterocycles. The summed E-state index contributed by atoms with van der Waals surface area (Å²) in [5.74, 6) is -1.16. The number of piperazine rings is 1. The molecule has 0 radical (unpaired) electrons. The van der Waals surface area contributed by atoms with E-state index in [9.17, 15) is 9.59 Å². The first-order chi connectivity index (χ1) is 14.3. The number of hydrogen-bond donors (Lipinski definition) is 3. The van der Waals surface area contributed by atoms with Crippen molar-refractivity contribution in [1.82, 2.24) is 4.90 Å². The summed E-state index contributed by atoms with van der Waals surface area (Å²) in [6, 6.07) is 9.93. The fourth-order valence-electron chi connectivity index (χ4n) is 3.22. The number of halogens is 1. The predicted octanol–water partition coefficient (Wildman–Crippen LogP) is 2.66. The number of primary amides is 1. The Morgan fingerprint density at radius 2 is 1.80 bits per heavy atom. The lowest BCUT2D eigenvalue weighted by atomic mass is 10.1. The Labute approximate surface area is 184 Å². The van der Waals surface area contributed by atoms with E-state index in [4.69, 9.17) is 39.4 Å². The van der Waals surface area contributed by atoms with Gasteiger partial charge in [-0.25, -0.2) is 4.79 Å². The maximum absolute atomic E-state index is 11.5. The Hall–Kier alpha value is -3.04. The summed E-state index contributed by atoms with van der Waals surface area (Å²) in [7, 11) is 1.50. The van der Waals surface area contributed by atoms with E-state index in [1.807, 2.05) is 11.0 Å². The number of anilines is 2. The minimum absolute atomic E-state index is 0.0412. The monoisotopic (exact) mass is 448 g/mol. The molecule has 4 N–H and O–H groups in total. The molecule has 2 aromatic rings. The smallest absolute Gasteiger partial charge is 0.337 e. The van der Waals surface area contributed by atoms with Gasteiger partial charge in [0, 0.05) is 43.6 Å². The predicted molar refractivity (Wildman–Crippen MR) is 120 cm³/mol. The van der Waals surface area contributed by atoms with Gasteiger partial charge in [-0.3, -0.25) is 4.79 Å². The molecule has 1 aliphatic rings. The molecular formula is C20H21ClN4O4S. The van der Waals surface area contributed by atoms with Crippen LogP contribution in [0.25, 0.3) is 0 Å². The van der Waals surface area contributed by atoms with Crippen LogP contribution < -0.4 is 20.7 Å². The van der Waals surface area contributed by atoms with Gasteiger partial charge in [0.05, 0.1) is 23.3 Å². The van der Waals surface area contributed by atoms with Crippen LogP contribution in [0.2, 0.25) is 5.02 Å². The van der Waals surface area contributed by atoms with E-state index in [0.717, 1.165) is 18.8 Å². The molecule has 1 amide bonds. The van der Waals surface area contributed by atoms with Gasteiger partial charge in [0.2, 0.25) is 0 Å². The number of carbonyl (C=O) groups is 2. The molecule has 0 aliphatic carbocycles. The Kier molecular flexibility index (Phi) is 6.63. The van der Waals surface area contributed by atoms with Crippen LogP contribution in [0.3, 0.4) is 0 Å². The van der Waals surface area contributed by atoms with Crippen LogP contribution in [-0.2, 0) is 0 Å². The fourth-order valence-corrected chi connectivity index (χ4v) is 3.78. The molecule has 1 heterocycles.